The molecule has 1 aromatic heterocycles. The largest absolute Gasteiger partial charge is 0.363 e. The van der Waals surface area contributed by atoms with E-state index in [-0.39, 0.29) is 5.91 Å². The quantitative estimate of drug-likeness (QED) is 0.559. The van der Waals surface area contributed by atoms with Crippen molar-refractivity contribution in [3.05, 3.63) is 94.8 Å². The van der Waals surface area contributed by atoms with Crippen LogP contribution >= 0.6 is 11.6 Å². The second-order valence-electron chi connectivity index (χ2n) is 6.39. The molecule has 1 atom stereocenters. The molecule has 1 radical (unpaired) electrons. The van der Waals surface area contributed by atoms with Gasteiger partial charge in [-0.05, 0) is 30.3 Å². The molecule has 1 aliphatic rings. The van der Waals surface area contributed by atoms with E-state index in [0.29, 0.717) is 32.9 Å². The Hall–Kier alpha value is -3.15. The Bertz CT molecular complexity index is 1200. The van der Waals surface area contributed by atoms with Crippen molar-refractivity contribution < 1.29 is 9.90 Å². The number of anilines is 1. The highest BCUT2D eigenvalue weighted by Crippen LogP contribution is 2.46. The Morgan fingerprint density at radius 3 is 2.70 bits per heavy atom. The molecule has 1 aliphatic heterocycles. The van der Waals surface area contributed by atoms with Crippen molar-refractivity contribution in [3.8, 4) is 0 Å². The number of hydrogen-bond acceptors (Lipinski definition) is 3. The van der Waals surface area contributed by atoms with Crippen LogP contribution in [-0.4, -0.2) is 21.0 Å². The summed E-state index contributed by atoms with van der Waals surface area (Å²) < 4.78 is 0. The summed E-state index contributed by atoms with van der Waals surface area (Å²) in [7, 11) is 0. The number of aromatic nitrogens is 2. The molecular formula is C21H13ClN3O2. The zero-order valence-electron chi connectivity index (χ0n) is 14.0. The lowest BCUT2D eigenvalue weighted by Crippen LogP contribution is -2.45. The maximum atomic E-state index is 13.2. The molecule has 3 aromatic carbocycles. The summed E-state index contributed by atoms with van der Waals surface area (Å²) in [6, 6.07) is 19.3. The molecule has 1 unspecified atom stereocenters. The summed E-state index contributed by atoms with van der Waals surface area (Å²) >= 11 is 6.38. The molecule has 27 heavy (non-hydrogen) atoms. The fraction of sp³-hybridized carbons (Fsp3) is 0.0476. The van der Waals surface area contributed by atoms with Gasteiger partial charge < -0.3 is 10.1 Å². The SMILES string of the molecule is O=C1c2ccccc2C(O)(c2ccc3[nH][c]nc3c2)N1c1ccccc1Cl. The molecule has 1 amide bonds. The van der Waals surface area contributed by atoms with Crippen molar-refractivity contribution in [1.82, 2.24) is 9.97 Å². The van der Waals surface area contributed by atoms with Gasteiger partial charge in [-0.25, -0.2) is 4.98 Å². The third-order valence-corrected chi connectivity index (χ3v) is 5.24. The van der Waals surface area contributed by atoms with Gasteiger partial charge in [0.2, 0.25) is 0 Å². The molecule has 6 heteroatoms. The predicted octanol–water partition coefficient (Wildman–Crippen LogP) is 3.87. The maximum Gasteiger partial charge on any atom is 0.261 e. The normalized spacial score (nSPS) is 18.9. The first-order chi connectivity index (χ1) is 13.1. The van der Waals surface area contributed by atoms with Crippen molar-refractivity contribution in [1.29, 1.82) is 0 Å². The highest BCUT2D eigenvalue weighted by atomic mass is 35.5. The molecule has 131 valence electrons. The molecule has 0 fully saturated rings. The number of nitrogens with zero attached hydrogens (tertiary/aromatic N) is 2. The van der Waals surface area contributed by atoms with Crippen molar-refractivity contribution in [2.75, 3.05) is 4.90 Å². The summed E-state index contributed by atoms with van der Waals surface area (Å²) in [5.74, 6) is -0.310. The van der Waals surface area contributed by atoms with Crippen molar-refractivity contribution in [3.63, 3.8) is 0 Å². The highest BCUT2D eigenvalue weighted by Gasteiger charge is 2.51. The Labute approximate surface area is 159 Å². The smallest absolute Gasteiger partial charge is 0.261 e. The molecule has 0 bridgehead atoms. The van der Waals surface area contributed by atoms with E-state index < -0.39 is 5.72 Å². The topological polar surface area (TPSA) is 69.2 Å². The van der Waals surface area contributed by atoms with E-state index in [4.69, 9.17) is 11.6 Å². The number of halogens is 1. The average Bonchev–Trinajstić information content (AvgIpc) is 3.25. The summed E-state index contributed by atoms with van der Waals surface area (Å²) in [4.78, 5) is 21.6. The van der Waals surface area contributed by atoms with E-state index in [1.807, 2.05) is 6.07 Å². The number of aliphatic hydroxyl groups is 1. The van der Waals surface area contributed by atoms with Gasteiger partial charge >= 0.3 is 0 Å². The third kappa shape index (κ3) is 2.16. The molecule has 2 heterocycles. The number of hydrogen-bond donors (Lipinski definition) is 2. The van der Waals surface area contributed by atoms with Gasteiger partial charge in [0, 0.05) is 16.7 Å². The van der Waals surface area contributed by atoms with Crippen LogP contribution in [0.2, 0.25) is 5.02 Å². The second-order valence-corrected chi connectivity index (χ2v) is 6.80. The number of para-hydroxylation sites is 1. The molecule has 5 nitrogen and oxygen atoms in total. The molecule has 0 aliphatic carbocycles. The van der Waals surface area contributed by atoms with Gasteiger partial charge in [-0.3, -0.25) is 9.69 Å². The summed E-state index contributed by atoms with van der Waals surface area (Å²) in [6.45, 7) is 0. The standard InChI is InChI=1S/C21H13ClN3O2/c22-16-7-3-4-8-19(16)25-20(26)14-5-1-2-6-15(14)21(25,27)13-9-10-17-18(11-13)24-12-23-17/h1-11,27H,(H,23,24). The van der Waals surface area contributed by atoms with Crippen LogP contribution in [0.15, 0.2) is 66.7 Å². The van der Waals surface area contributed by atoms with Crippen LogP contribution in [0, 0.1) is 6.33 Å². The van der Waals surface area contributed by atoms with Gasteiger partial charge in [0.1, 0.15) is 0 Å². The fourth-order valence-corrected chi connectivity index (χ4v) is 3.88. The molecule has 5 rings (SSSR count). The maximum absolute atomic E-state index is 13.2. The Morgan fingerprint density at radius 2 is 1.85 bits per heavy atom. The summed E-state index contributed by atoms with van der Waals surface area (Å²) in [5, 5.41) is 12.3. The lowest BCUT2D eigenvalue weighted by atomic mass is 9.93. The molecule has 0 saturated heterocycles. The number of benzene rings is 3. The number of carbonyl (C=O) groups excluding carboxylic acids is 1. The minimum atomic E-state index is -1.70. The van der Waals surface area contributed by atoms with Gasteiger partial charge in [-0.15, -0.1) is 0 Å². The van der Waals surface area contributed by atoms with Gasteiger partial charge in [0.15, 0.2) is 12.1 Å². The number of rotatable bonds is 2. The number of aromatic amines is 1. The third-order valence-electron chi connectivity index (χ3n) is 4.92. The second kappa shape index (κ2) is 5.67. The Morgan fingerprint density at radius 1 is 1.07 bits per heavy atom. The molecular weight excluding hydrogens is 362 g/mol. The minimum Gasteiger partial charge on any atom is -0.363 e. The predicted molar refractivity (Wildman–Crippen MR) is 103 cm³/mol. The van der Waals surface area contributed by atoms with E-state index in [1.54, 1.807) is 60.7 Å². The molecule has 2 N–H and O–H groups in total. The van der Waals surface area contributed by atoms with Crippen LogP contribution in [0.3, 0.4) is 0 Å². The number of fused-ring (bicyclic) bond motifs is 2. The number of carbonyl (C=O) groups is 1. The monoisotopic (exact) mass is 374 g/mol. The van der Waals surface area contributed by atoms with Crippen LogP contribution < -0.4 is 4.90 Å². The summed E-state index contributed by atoms with van der Waals surface area (Å²) in [6.07, 6.45) is 2.69. The zero-order chi connectivity index (χ0) is 18.6. The number of amides is 1. The van der Waals surface area contributed by atoms with Crippen LogP contribution in [-0.2, 0) is 5.72 Å². The van der Waals surface area contributed by atoms with Crippen LogP contribution in [0.1, 0.15) is 21.5 Å². The number of imidazole rings is 1. The number of nitrogens with one attached hydrogen (secondary N) is 1. The first kappa shape index (κ1) is 16.1. The van der Waals surface area contributed by atoms with E-state index in [0.717, 1.165) is 5.52 Å². The van der Waals surface area contributed by atoms with Crippen molar-refractivity contribution in [2.24, 2.45) is 0 Å². The highest BCUT2D eigenvalue weighted by molar-refractivity contribution is 6.34. The molecule has 0 spiro atoms. The molecule has 4 aromatic rings. The van der Waals surface area contributed by atoms with Gasteiger partial charge in [0.05, 0.1) is 21.7 Å². The van der Waals surface area contributed by atoms with E-state index >= 15 is 0 Å². The number of H-pyrrole nitrogens is 1. The van der Waals surface area contributed by atoms with Gasteiger partial charge in [-0.2, -0.15) is 0 Å². The first-order valence-corrected chi connectivity index (χ1v) is 8.76. The van der Waals surface area contributed by atoms with Crippen LogP contribution in [0.25, 0.3) is 11.0 Å². The average molecular weight is 375 g/mol. The van der Waals surface area contributed by atoms with Crippen molar-refractivity contribution >= 4 is 34.2 Å². The van der Waals surface area contributed by atoms with Gasteiger partial charge in [-0.1, -0.05) is 48.0 Å². The van der Waals surface area contributed by atoms with E-state index in [9.17, 15) is 9.90 Å². The van der Waals surface area contributed by atoms with Crippen LogP contribution in [0.4, 0.5) is 5.69 Å². The lowest BCUT2D eigenvalue weighted by Gasteiger charge is -2.35. The summed E-state index contributed by atoms with van der Waals surface area (Å²) in [5.41, 5.74) is 1.65. The fourth-order valence-electron chi connectivity index (χ4n) is 3.66. The van der Waals surface area contributed by atoms with E-state index in [2.05, 4.69) is 16.3 Å². The lowest BCUT2D eigenvalue weighted by molar-refractivity contribution is 0.0704. The van der Waals surface area contributed by atoms with E-state index in [1.165, 1.54) is 4.90 Å². The minimum absolute atomic E-state index is 0.310. The van der Waals surface area contributed by atoms with Crippen LogP contribution in [0.5, 0.6) is 0 Å². The zero-order valence-corrected chi connectivity index (χ0v) is 14.7. The Balaban J connectivity index is 1.82. The van der Waals surface area contributed by atoms with Crippen molar-refractivity contribution in [2.45, 2.75) is 5.72 Å². The first-order valence-electron chi connectivity index (χ1n) is 8.38. The Kier molecular flexibility index (Phi) is 3.37. The van der Waals surface area contributed by atoms with Gasteiger partial charge in [0.25, 0.3) is 5.91 Å². The molecule has 0 saturated carbocycles.